The molecule has 0 aliphatic carbocycles. The van der Waals surface area contributed by atoms with E-state index in [0.29, 0.717) is 18.6 Å². The lowest BCUT2D eigenvalue weighted by Gasteiger charge is -2.05. The van der Waals surface area contributed by atoms with Crippen molar-refractivity contribution in [2.24, 2.45) is 0 Å². The summed E-state index contributed by atoms with van der Waals surface area (Å²) in [5, 5.41) is 11.2. The van der Waals surface area contributed by atoms with E-state index in [1.54, 1.807) is 6.26 Å². The van der Waals surface area contributed by atoms with Crippen LogP contribution in [0.1, 0.15) is 29.6 Å². The highest BCUT2D eigenvalue weighted by atomic mass is 16.4. The second-order valence-electron chi connectivity index (χ2n) is 4.78. The Morgan fingerprint density at radius 1 is 1.21 bits per heavy atom. The number of fused-ring (bicyclic) bond motifs is 1. The quantitative estimate of drug-likeness (QED) is 0.767. The minimum absolute atomic E-state index is 0.590. The first kappa shape index (κ1) is 12.1. The van der Waals surface area contributed by atoms with Crippen LogP contribution in [-0.4, -0.2) is 5.11 Å². The van der Waals surface area contributed by atoms with Gasteiger partial charge in [-0.1, -0.05) is 18.2 Å². The molecule has 3 heteroatoms. The van der Waals surface area contributed by atoms with E-state index in [-0.39, 0.29) is 0 Å². The second-order valence-corrected chi connectivity index (χ2v) is 4.78. The van der Waals surface area contributed by atoms with Gasteiger partial charge in [-0.05, 0) is 37.1 Å². The van der Waals surface area contributed by atoms with Gasteiger partial charge < -0.3 is 13.9 Å². The predicted octanol–water partition coefficient (Wildman–Crippen LogP) is 4.00. The van der Waals surface area contributed by atoms with Crippen LogP contribution in [-0.2, 0) is 6.42 Å². The number of aliphatic hydroxyl groups is 1. The minimum atomic E-state index is -0.600. The zero-order chi connectivity index (χ0) is 13.2. The first-order chi connectivity index (χ1) is 9.24. The van der Waals surface area contributed by atoms with Gasteiger partial charge >= 0.3 is 0 Å². The summed E-state index contributed by atoms with van der Waals surface area (Å²) in [6.07, 6.45) is 2.33. The van der Waals surface area contributed by atoms with E-state index in [1.807, 2.05) is 43.3 Å². The standard InChI is InChI=1S/C16H16O3/c1-11-4-2-5-12-10-15(19-16(11)12)14(17)8-7-13-6-3-9-18-13/h2-6,9-10,14,17H,7-8H2,1H3. The van der Waals surface area contributed by atoms with Gasteiger partial charge in [-0.15, -0.1) is 0 Å². The van der Waals surface area contributed by atoms with E-state index in [9.17, 15) is 5.11 Å². The number of benzene rings is 1. The molecule has 19 heavy (non-hydrogen) atoms. The first-order valence-corrected chi connectivity index (χ1v) is 6.43. The molecular weight excluding hydrogens is 240 g/mol. The van der Waals surface area contributed by atoms with E-state index in [4.69, 9.17) is 8.83 Å². The van der Waals surface area contributed by atoms with Gasteiger partial charge in [0.15, 0.2) is 0 Å². The number of aliphatic hydroxyl groups excluding tert-OH is 1. The van der Waals surface area contributed by atoms with Crippen molar-refractivity contribution < 1.29 is 13.9 Å². The van der Waals surface area contributed by atoms with E-state index >= 15 is 0 Å². The third-order valence-corrected chi connectivity index (χ3v) is 3.33. The van der Waals surface area contributed by atoms with Crippen molar-refractivity contribution in [2.45, 2.75) is 25.9 Å². The summed E-state index contributed by atoms with van der Waals surface area (Å²) in [5.74, 6) is 1.50. The topological polar surface area (TPSA) is 46.5 Å². The average Bonchev–Trinajstić information content (AvgIpc) is 3.05. The average molecular weight is 256 g/mol. The summed E-state index contributed by atoms with van der Waals surface area (Å²) in [4.78, 5) is 0. The molecule has 0 spiro atoms. The third kappa shape index (κ3) is 2.42. The number of para-hydroxylation sites is 1. The number of rotatable bonds is 4. The van der Waals surface area contributed by atoms with Crippen molar-refractivity contribution in [1.29, 1.82) is 0 Å². The van der Waals surface area contributed by atoms with Crippen LogP contribution in [0.15, 0.2) is 51.5 Å². The largest absolute Gasteiger partial charge is 0.469 e. The van der Waals surface area contributed by atoms with Gasteiger partial charge in [0.1, 0.15) is 23.2 Å². The third-order valence-electron chi connectivity index (χ3n) is 3.33. The smallest absolute Gasteiger partial charge is 0.137 e. The maximum atomic E-state index is 10.2. The summed E-state index contributed by atoms with van der Waals surface area (Å²) in [5.41, 5.74) is 1.94. The molecular formula is C16H16O3. The molecule has 0 amide bonds. The molecule has 0 saturated heterocycles. The van der Waals surface area contributed by atoms with Crippen LogP contribution < -0.4 is 0 Å². The lowest BCUT2D eigenvalue weighted by Crippen LogP contribution is -1.97. The second kappa shape index (κ2) is 4.94. The lowest BCUT2D eigenvalue weighted by atomic mass is 10.1. The summed E-state index contributed by atoms with van der Waals surface area (Å²) < 4.78 is 11.0. The molecule has 2 aromatic heterocycles. The Bertz CT molecular complexity index is 664. The van der Waals surface area contributed by atoms with Crippen molar-refractivity contribution in [3.05, 3.63) is 59.7 Å². The van der Waals surface area contributed by atoms with Crippen molar-refractivity contribution in [1.82, 2.24) is 0 Å². The summed E-state index contributed by atoms with van der Waals surface area (Å²) in [6.45, 7) is 2.00. The van der Waals surface area contributed by atoms with Gasteiger partial charge in [-0.25, -0.2) is 0 Å². The summed E-state index contributed by atoms with van der Waals surface area (Å²) >= 11 is 0. The SMILES string of the molecule is Cc1cccc2cc(C(O)CCc3ccco3)oc12. The number of furan rings is 2. The molecule has 3 aromatic rings. The van der Waals surface area contributed by atoms with Crippen LogP contribution in [0.2, 0.25) is 0 Å². The number of aryl methyl sites for hydroxylation is 2. The Labute approximate surface area is 111 Å². The van der Waals surface area contributed by atoms with Crippen LogP contribution in [0.5, 0.6) is 0 Å². The molecule has 3 rings (SSSR count). The van der Waals surface area contributed by atoms with E-state index in [1.165, 1.54) is 0 Å². The Balaban J connectivity index is 1.77. The fourth-order valence-electron chi connectivity index (χ4n) is 2.27. The maximum Gasteiger partial charge on any atom is 0.137 e. The van der Waals surface area contributed by atoms with Gasteiger partial charge in [0.2, 0.25) is 0 Å². The number of hydrogen-bond acceptors (Lipinski definition) is 3. The molecule has 1 unspecified atom stereocenters. The Kier molecular flexibility index (Phi) is 3.13. The molecule has 2 heterocycles. The number of hydrogen-bond donors (Lipinski definition) is 1. The van der Waals surface area contributed by atoms with Crippen LogP contribution in [0.4, 0.5) is 0 Å². The highest BCUT2D eigenvalue weighted by Gasteiger charge is 2.14. The van der Waals surface area contributed by atoms with E-state index < -0.39 is 6.10 Å². The van der Waals surface area contributed by atoms with Crippen LogP contribution >= 0.6 is 0 Å². The minimum Gasteiger partial charge on any atom is -0.469 e. The Hall–Kier alpha value is -2.00. The van der Waals surface area contributed by atoms with Crippen LogP contribution in [0.25, 0.3) is 11.0 Å². The van der Waals surface area contributed by atoms with Crippen LogP contribution in [0, 0.1) is 6.92 Å². The zero-order valence-corrected chi connectivity index (χ0v) is 10.8. The molecule has 0 saturated carbocycles. The van der Waals surface area contributed by atoms with Crippen molar-refractivity contribution in [2.75, 3.05) is 0 Å². The highest BCUT2D eigenvalue weighted by molar-refractivity contribution is 5.80. The highest BCUT2D eigenvalue weighted by Crippen LogP contribution is 2.28. The Morgan fingerprint density at radius 2 is 2.11 bits per heavy atom. The van der Waals surface area contributed by atoms with Gasteiger partial charge in [0, 0.05) is 11.8 Å². The van der Waals surface area contributed by atoms with E-state index in [0.717, 1.165) is 22.3 Å². The maximum absolute atomic E-state index is 10.2. The van der Waals surface area contributed by atoms with Crippen LogP contribution in [0.3, 0.4) is 0 Å². The first-order valence-electron chi connectivity index (χ1n) is 6.43. The lowest BCUT2D eigenvalue weighted by molar-refractivity contribution is 0.141. The van der Waals surface area contributed by atoms with Crippen molar-refractivity contribution in [3.8, 4) is 0 Å². The summed E-state index contributed by atoms with van der Waals surface area (Å²) in [6, 6.07) is 11.7. The normalized spacial score (nSPS) is 12.9. The van der Waals surface area contributed by atoms with Crippen molar-refractivity contribution in [3.63, 3.8) is 0 Å². The molecule has 1 N–H and O–H groups in total. The zero-order valence-electron chi connectivity index (χ0n) is 10.8. The van der Waals surface area contributed by atoms with Gasteiger partial charge in [-0.3, -0.25) is 0 Å². The molecule has 0 aliphatic rings. The molecule has 1 aromatic carbocycles. The molecule has 0 radical (unpaired) electrons. The van der Waals surface area contributed by atoms with E-state index in [2.05, 4.69) is 0 Å². The molecule has 0 bridgehead atoms. The monoisotopic (exact) mass is 256 g/mol. The van der Waals surface area contributed by atoms with Gasteiger partial charge in [-0.2, -0.15) is 0 Å². The molecule has 0 aliphatic heterocycles. The molecule has 98 valence electrons. The Morgan fingerprint density at radius 3 is 2.84 bits per heavy atom. The predicted molar refractivity (Wildman–Crippen MR) is 72.9 cm³/mol. The fraction of sp³-hybridized carbons (Fsp3) is 0.250. The van der Waals surface area contributed by atoms with Crippen molar-refractivity contribution >= 4 is 11.0 Å². The molecule has 1 atom stereocenters. The van der Waals surface area contributed by atoms with Gasteiger partial charge in [0.25, 0.3) is 0 Å². The van der Waals surface area contributed by atoms with Gasteiger partial charge in [0.05, 0.1) is 6.26 Å². The fourth-order valence-corrected chi connectivity index (χ4v) is 2.27. The molecule has 0 fully saturated rings. The molecule has 3 nitrogen and oxygen atoms in total. The summed E-state index contributed by atoms with van der Waals surface area (Å²) in [7, 11) is 0.